The summed E-state index contributed by atoms with van der Waals surface area (Å²) >= 11 is 0. The number of nitrogens with zero attached hydrogens (tertiary/aromatic N) is 2. The summed E-state index contributed by atoms with van der Waals surface area (Å²) in [5, 5.41) is 11.2. The van der Waals surface area contributed by atoms with Crippen molar-refractivity contribution in [2.24, 2.45) is 0 Å². The first kappa shape index (κ1) is 19.2. The number of hydrogen-bond donors (Lipinski definition) is 0. The van der Waals surface area contributed by atoms with E-state index in [0.717, 1.165) is 31.4 Å². The Balaban J connectivity index is 1.82. The van der Waals surface area contributed by atoms with Crippen molar-refractivity contribution in [1.29, 1.82) is 0 Å². The van der Waals surface area contributed by atoms with E-state index in [0.29, 0.717) is 31.3 Å². The molecule has 0 aliphatic rings. The highest BCUT2D eigenvalue weighted by Gasteiger charge is 2.12. The molecule has 0 amide bonds. The number of ether oxygens (including phenoxy) is 2. The Hall–Kier alpha value is -2.62. The number of hydrogen-bond acceptors (Lipinski definition) is 4. The van der Waals surface area contributed by atoms with Gasteiger partial charge in [-0.25, -0.2) is 0 Å². The number of unbranched alkanes of at least 4 members (excludes halogenated alkanes) is 2. The van der Waals surface area contributed by atoms with Crippen LogP contribution in [0.2, 0.25) is 0 Å². The lowest BCUT2D eigenvalue weighted by molar-refractivity contribution is 0.250. The van der Waals surface area contributed by atoms with Gasteiger partial charge in [-0.1, -0.05) is 69.2 Å². The van der Waals surface area contributed by atoms with Gasteiger partial charge in [-0.2, -0.15) is 5.10 Å². The third-order valence-corrected chi connectivity index (χ3v) is 4.52. The minimum atomic E-state index is 0.501. The minimum absolute atomic E-state index is 0.501. The van der Waals surface area contributed by atoms with Gasteiger partial charge in [0.25, 0.3) is 5.88 Å². The number of rotatable bonds is 10. The van der Waals surface area contributed by atoms with Gasteiger partial charge in [-0.15, -0.1) is 5.10 Å². The van der Waals surface area contributed by atoms with Crippen molar-refractivity contribution < 1.29 is 9.47 Å². The van der Waals surface area contributed by atoms with E-state index in [1.807, 2.05) is 6.07 Å². The van der Waals surface area contributed by atoms with Gasteiger partial charge < -0.3 is 9.47 Å². The zero-order valence-electron chi connectivity index (χ0n) is 16.3. The first-order valence-corrected chi connectivity index (χ1v) is 9.90. The smallest absolute Gasteiger partial charge is 0.276 e. The van der Waals surface area contributed by atoms with Crippen molar-refractivity contribution >= 4 is 10.8 Å². The largest absolute Gasteiger partial charge is 0.488 e. The van der Waals surface area contributed by atoms with Gasteiger partial charge in [0, 0.05) is 12.5 Å². The van der Waals surface area contributed by atoms with Crippen molar-refractivity contribution in [2.75, 3.05) is 13.2 Å². The second-order valence-corrected chi connectivity index (χ2v) is 6.72. The summed E-state index contributed by atoms with van der Waals surface area (Å²) in [7, 11) is 0. The van der Waals surface area contributed by atoms with Crippen LogP contribution in [-0.4, -0.2) is 23.4 Å². The van der Waals surface area contributed by atoms with E-state index < -0.39 is 0 Å². The minimum Gasteiger partial charge on any atom is -0.488 e. The SMILES string of the molecule is CCCCOc1cc(Cc2cccc3ccccc23)nnc1OCCCC. The second kappa shape index (κ2) is 9.91. The summed E-state index contributed by atoms with van der Waals surface area (Å²) in [5.41, 5.74) is 2.13. The average Bonchev–Trinajstić information content (AvgIpc) is 2.70. The molecule has 0 fully saturated rings. The maximum atomic E-state index is 5.95. The normalized spacial score (nSPS) is 10.9. The molecule has 4 nitrogen and oxygen atoms in total. The maximum Gasteiger partial charge on any atom is 0.276 e. The van der Waals surface area contributed by atoms with Crippen molar-refractivity contribution in [3.8, 4) is 11.6 Å². The van der Waals surface area contributed by atoms with E-state index in [1.165, 1.54) is 16.3 Å². The number of benzene rings is 2. The molecule has 2 aromatic carbocycles. The van der Waals surface area contributed by atoms with Gasteiger partial charge >= 0.3 is 0 Å². The van der Waals surface area contributed by atoms with Crippen molar-refractivity contribution in [2.45, 2.75) is 46.0 Å². The molecule has 0 aliphatic carbocycles. The molecular formula is C23H28N2O2. The number of aromatic nitrogens is 2. The van der Waals surface area contributed by atoms with Crippen LogP contribution in [-0.2, 0) is 6.42 Å². The molecule has 4 heteroatoms. The molecule has 0 unspecified atom stereocenters. The van der Waals surface area contributed by atoms with Crippen LogP contribution in [0.15, 0.2) is 48.5 Å². The maximum absolute atomic E-state index is 5.95. The third-order valence-electron chi connectivity index (χ3n) is 4.52. The van der Waals surface area contributed by atoms with E-state index in [1.54, 1.807) is 0 Å². The van der Waals surface area contributed by atoms with E-state index in [-0.39, 0.29) is 0 Å². The van der Waals surface area contributed by atoms with Crippen molar-refractivity contribution in [3.05, 3.63) is 59.8 Å². The summed E-state index contributed by atoms with van der Waals surface area (Å²) in [4.78, 5) is 0. The average molecular weight is 364 g/mol. The molecule has 0 N–H and O–H groups in total. The molecule has 142 valence electrons. The Labute approximate surface area is 161 Å². The molecule has 3 rings (SSSR count). The van der Waals surface area contributed by atoms with Crippen molar-refractivity contribution in [1.82, 2.24) is 10.2 Å². The fraction of sp³-hybridized carbons (Fsp3) is 0.391. The summed E-state index contributed by atoms with van der Waals surface area (Å²) in [6.45, 7) is 5.60. The second-order valence-electron chi connectivity index (χ2n) is 6.72. The van der Waals surface area contributed by atoms with Crippen LogP contribution in [0.1, 0.15) is 50.8 Å². The highest BCUT2D eigenvalue weighted by molar-refractivity contribution is 5.85. The Morgan fingerprint density at radius 2 is 1.56 bits per heavy atom. The van der Waals surface area contributed by atoms with Gasteiger partial charge in [-0.3, -0.25) is 0 Å². The van der Waals surface area contributed by atoms with Crippen LogP contribution in [0.5, 0.6) is 11.6 Å². The molecule has 0 aliphatic heterocycles. The molecule has 27 heavy (non-hydrogen) atoms. The lowest BCUT2D eigenvalue weighted by atomic mass is 10.0. The molecule has 3 aromatic rings. The lowest BCUT2D eigenvalue weighted by Gasteiger charge is -2.12. The van der Waals surface area contributed by atoms with Crippen LogP contribution >= 0.6 is 0 Å². The zero-order chi connectivity index (χ0) is 18.9. The summed E-state index contributed by atoms with van der Waals surface area (Å²) in [6.07, 6.45) is 4.89. The fourth-order valence-corrected chi connectivity index (χ4v) is 2.97. The van der Waals surface area contributed by atoms with E-state index in [4.69, 9.17) is 9.47 Å². The molecule has 0 saturated carbocycles. The molecule has 0 bridgehead atoms. The van der Waals surface area contributed by atoms with E-state index >= 15 is 0 Å². The highest BCUT2D eigenvalue weighted by atomic mass is 16.5. The van der Waals surface area contributed by atoms with Gasteiger partial charge in [0.1, 0.15) is 0 Å². The third kappa shape index (κ3) is 5.19. The molecule has 0 saturated heterocycles. The van der Waals surface area contributed by atoms with Gasteiger partial charge in [0.05, 0.1) is 18.9 Å². The standard InChI is InChI=1S/C23H28N2O2/c1-3-5-14-26-22-17-20(24-25-23(22)27-15-6-4-2)16-19-12-9-11-18-10-7-8-13-21(18)19/h7-13,17H,3-6,14-16H2,1-2H3. The first-order chi connectivity index (χ1) is 13.3. The predicted octanol–water partition coefficient (Wildman–Crippen LogP) is 5.58. The van der Waals surface area contributed by atoms with Gasteiger partial charge in [-0.05, 0) is 29.2 Å². The van der Waals surface area contributed by atoms with Crippen LogP contribution in [0.4, 0.5) is 0 Å². The van der Waals surface area contributed by atoms with Crippen LogP contribution < -0.4 is 9.47 Å². The van der Waals surface area contributed by atoms with E-state index in [2.05, 4.69) is 66.5 Å². The van der Waals surface area contributed by atoms with Crippen molar-refractivity contribution in [3.63, 3.8) is 0 Å². The van der Waals surface area contributed by atoms with Gasteiger partial charge in [0.2, 0.25) is 0 Å². The monoisotopic (exact) mass is 364 g/mol. The summed E-state index contributed by atoms with van der Waals surface area (Å²) in [6, 6.07) is 16.8. The van der Waals surface area contributed by atoms with Crippen LogP contribution in [0.3, 0.4) is 0 Å². The predicted molar refractivity (Wildman–Crippen MR) is 110 cm³/mol. The Morgan fingerprint density at radius 1 is 0.815 bits per heavy atom. The Bertz CT molecular complexity index is 859. The molecule has 0 radical (unpaired) electrons. The molecule has 1 heterocycles. The van der Waals surface area contributed by atoms with Gasteiger partial charge in [0.15, 0.2) is 5.75 Å². The zero-order valence-corrected chi connectivity index (χ0v) is 16.3. The quantitative estimate of drug-likeness (QED) is 0.441. The summed E-state index contributed by atoms with van der Waals surface area (Å²) < 4.78 is 11.7. The lowest BCUT2D eigenvalue weighted by Crippen LogP contribution is -2.07. The fourth-order valence-electron chi connectivity index (χ4n) is 2.97. The summed E-state index contributed by atoms with van der Waals surface area (Å²) in [5.74, 6) is 1.20. The highest BCUT2D eigenvalue weighted by Crippen LogP contribution is 2.27. The topological polar surface area (TPSA) is 44.2 Å². The van der Waals surface area contributed by atoms with Crippen LogP contribution in [0, 0.1) is 0 Å². The molecule has 0 atom stereocenters. The number of fused-ring (bicyclic) bond motifs is 1. The Kier molecular flexibility index (Phi) is 7.03. The van der Waals surface area contributed by atoms with Crippen LogP contribution in [0.25, 0.3) is 10.8 Å². The Morgan fingerprint density at radius 3 is 2.37 bits per heavy atom. The molecule has 0 spiro atoms. The molecule has 1 aromatic heterocycles. The first-order valence-electron chi connectivity index (χ1n) is 9.90. The van der Waals surface area contributed by atoms with E-state index in [9.17, 15) is 0 Å². The molecular weight excluding hydrogens is 336 g/mol.